The van der Waals surface area contributed by atoms with Crippen molar-refractivity contribution in [1.29, 1.82) is 0 Å². The zero-order valence-electron chi connectivity index (χ0n) is 8.31. The van der Waals surface area contributed by atoms with Crippen molar-refractivity contribution < 1.29 is 14.4 Å². The molecule has 1 fully saturated rings. The fraction of sp³-hybridized carbons (Fsp3) is 0.667. The van der Waals surface area contributed by atoms with Crippen LogP contribution in [-0.4, -0.2) is 17.7 Å². The summed E-state index contributed by atoms with van der Waals surface area (Å²) in [6.45, 7) is 0. The second-order valence-corrected chi connectivity index (χ2v) is 3.93. The van der Waals surface area contributed by atoms with E-state index in [4.69, 9.17) is 17.2 Å². The molecule has 0 aromatic heterocycles. The Labute approximate surface area is 87.2 Å². The van der Waals surface area contributed by atoms with Gasteiger partial charge in [-0.1, -0.05) is 0 Å². The lowest BCUT2D eigenvalue weighted by Gasteiger charge is -2.30. The van der Waals surface area contributed by atoms with Gasteiger partial charge in [-0.25, -0.2) is 0 Å². The van der Waals surface area contributed by atoms with E-state index in [9.17, 15) is 14.4 Å². The first kappa shape index (κ1) is 11.5. The maximum Gasteiger partial charge on any atom is 0.221 e. The molecule has 84 valence electrons. The molecule has 0 aromatic rings. The molecule has 6 heteroatoms. The maximum absolute atomic E-state index is 11.1. The van der Waals surface area contributed by atoms with Gasteiger partial charge in [0.1, 0.15) is 0 Å². The van der Waals surface area contributed by atoms with E-state index < -0.39 is 29.6 Å². The second kappa shape index (κ2) is 4.29. The molecule has 3 amide bonds. The van der Waals surface area contributed by atoms with Crippen LogP contribution in [-0.2, 0) is 14.4 Å². The summed E-state index contributed by atoms with van der Waals surface area (Å²) in [4.78, 5) is 33.1. The number of carbonyl (C=O) groups excluding carboxylic acids is 3. The molecule has 6 N–H and O–H groups in total. The number of amides is 3. The van der Waals surface area contributed by atoms with Crippen molar-refractivity contribution in [3.05, 3.63) is 0 Å². The van der Waals surface area contributed by atoms with Crippen LogP contribution in [0.2, 0.25) is 0 Å². The van der Waals surface area contributed by atoms with Gasteiger partial charge in [0.2, 0.25) is 17.7 Å². The topological polar surface area (TPSA) is 129 Å². The molecule has 6 nitrogen and oxygen atoms in total. The number of nitrogens with two attached hydrogens (primary N) is 3. The maximum atomic E-state index is 11.1. The molecular formula is C9H15N3O3. The molecule has 0 heterocycles. The van der Waals surface area contributed by atoms with Crippen LogP contribution < -0.4 is 17.2 Å². The van der Waals surface area contributed by atoms with E-state index in [2.05, 4.69) is 0 Å². The lowest BCUT2D eigenvalue weighted by Crippen LogP contribution is -2.44. The van der Waals surface area contributed by atoms with Gasteiger partial charge in [-0.2, -0.15) is 0 Å². The minimum absolute atomic E-state index is 0.234. The van der Waals surface area contributed by atoms with E-state index in [-0.39, 0.29) is 12.3 Å². The first-order chi connectivity index (χ1) is 6.93. The van der Waals surface area contributed by atoms with Crippen LogP contribution >= 0.6 is 0 Å². The summed E-state index contributed by atoms with van der Waals surface area (Å²) in [5.41, 5.74) is 15.5. The predicted octanol–water partition coefficient (Wildman–Crippen LogP) is -1.53. The third kappa shape index (κ3) is 2.45. The molecule has 15 heavy (non-hydrogen) atoms. The molecule has 0 radical (unpaired) electrons. The zero-order chi connectivity index (χ0) is 11.6. The predicted molar refractivity (Wildman–Crippen MR) is 51.9 cm³/mol. The standard InChI is InChI=1S/C9H15N3O3/c10-7(13)4-1-2-5(8(11)14)6(3-4)9(12)15/h4-6H,1-3H2,(H2,10,13)(H2,11,14)(H2,12,15)/t4-,5?,6-/m1/s1. The summed E-state index contributed by atoms with van der Waals surface area (Å²) < 4.78 is 0. The van der Waals surface area contributed by atoms with Crippen LogP contribution in [0.3, 0.4) is 0 Å². The molecule has 0 saturated heterocycles. The van der Waals surface area contributed by atoms with Crippen LogP contribution in [0.15, 0.2) is 0 Å². The quantitative estimate of drug-likeness (QED) is 0.526. The van der Waals surface area contributed by atoms with Crippen molar-refractivity contribution in [1.82, 2.24) is 0 Å². The Morgan fingerprint density at radius 3 is 1.73 bits per heavy atom. The van der Waals surface area contributed by atoms with Crippen LogP contribution in [0, 0.1) is 17.8 Å². The Kier molecular flexibility index (Phi) is 3.28. The average molecular weight is 213 g/mol. The van der Waals surface area contributed by atoms with Crippen molar-refractivity contribution in [3.63, 3.8) is 0 Å². The summed E-state index contributed by atoms with van der Waals surface area (Å²) in [6, 6.07) is 0. The Balaban J connectivity index is 2.78. The van der Waals surface area contributed by atoms with Crippen molar-refractivity contribution in [3.8, 4) is 0 Å². The molecule has 0 spiro atoms. The van der Waals surface area contributed by atoms with Crippen LogP contribution in [0.5, 0.6) is 0 Å². The van der Waals surface area contributed by atoms with Gasteiger partial charge in [-0.3, -0.25) is 14.4 Å². The first-order valence-electron chi connectivity index (χ1n) is 4.81. The van der Waals surface area contributed by atoms with Crippen molar-refractivity contribution in [2.75, 3.05) is 0 Å². The summed E-state index contributed by atoms with van der Waals surface area (Å²) in [6.07, 6.45) is 1.13. The molecule has 0 bridgehead atoms. The van der Waals surface area contributed by atoms with Crippen LogP contribution in [0.4, 0.5) is 0 Å². The van der Waals surface area contributed by atoms with E-state index in [0.29, 0.717) is 12.8 Å². The molecule has 0 aromatic carbocycles. The average Bonchev–Trinajstić information content (AvgIpc) is 2.16. The first-order valence-corrected chi connectivity index (χ1v) is 4.81. The lowest BCUT2D eigenvalue weighted by atomic mass is 9.73. The van der Waals surface area contributed by atoms with E-state index in [1.165, 1.54) is 0 Å². The van der Waals surface area contributed by atoms with Crippen molar-refractivity contribution >= 4 is 17.7 Å². The van der Waals surface area contributed by atoms with Crippen LogP contribution in [0.1, 0.15) is 19.3 Å². The molecule has 1 rings (SSSR count). The fourth-order valence-electron chi connectivity index (χ4n) is 2.08. The van der Waals surface area contributed by atoms with Gasteiger partial charge in [-0.05, 0) is 19.3 Å². The fourth-order valence-corrected chi connectivity index (χ4v) is 2.08. The Morgan fingerprint density at radius 2 is 1.33 bits per heavy atom. The van der Waals surface area contributed by atoms with Gasteiger partial charge in [-0.15, -0.1) is 0 Å². The summed E-state index contributed by atoms with van der Waals surface area (Å²) in [5, 5.41) is 0. The highest BCUT2D eigenvalue weighted by atomic mass is 16.2. The van der Waals surface area contributed by atoms with Gasteiger partial charge in [0.25, 0.3) is 0 Å². The summed E-state index contributed by atoms with van der Waals surface area (Å²) in [7, 11) is 0. The Morgan fingerprint density at radius 1 is 0.800 bits per heavy atom. The largest absolute Gasteiger partial charge is 0.369 e. The highest BCUT2D eigenvalue weighted by Crippen LogP contribution is 2.33. The lowest BCUT2D eigenvalue weighted by molar-refractivity contribution is -0.136. The molecule has 1 aliphatic carbocycles. The van der Waals surface area contributed by atoms with Gasteiger partial charge >= 0.3 is 0 Å². The SMILES string of the molecule is NC(=O)C1CC[C@@H](C(N)=O)C[C@H]1C(N)=O. The molecule has 3 atom stereocenters. The van der Waals surface area contributed by atoms with Crippen molar-refractivity contribution in [2.45, 2.75) is 19.3 Å². The zero-order valence-corrected chi connectivity index (χ0v) is 8.31. The van der Waals surface area contributed by atoms with E-state index in [0.717, 1.165) is 0 Å². The molecular weight excluding hydrogens is 198 g/mol. The van der Waals surface area contributed by atoms with E-state index >= 15 is 0 Å². The van der Waals surface area contributed by atoms with Crippen LogP contribution in [0.25, 0.3) is 0 Å². The summed E-state index contributed by atoms with van der Waals surface area (Å²) >= 11 is 0. The molecule has 1 aliphatic rings. The molecule has 1 saturated carbocycles. The van der Waals surface area contributed by atoms with Gasteiger partial charge < -0.3 is 17.2 Å². The third-order valence-corrected chi connectivity index (χ3v) is 2.98. The monoisotopic (exact) mass is 213 g/mol. The Bertz CT molecular complexity index is 303. The molecule has 0 aliphatic heterocycles. The van der Waals surface area contributed by atoms with Gasteiger partial charge in [0.05, 0.1) is 5.92 Å². The highest BCUT2D eigenvalue weighted by molar-refractivity contribution is 5.87. The minimum Gasteiger partial charge on any atom is -0.369 e. The minimum atomic E-state index is -0.659. The van der Waals surface area contributed by atoms with Gasteiger partial charge in [0.15, 0.2) is 0 Å². The second-order valence-electron chi connectivity index (χ2n) is 3.93. The Hall–Kier alpha value is -1.59. The number of rotatable bonds is 3. The number of carbonyl (C=O) groups is 3. The number of primary amides is 3. The summed E-state index contributed by atoms with van der Waals surface area (Å²) in [5.74, 6) is -3.18. The van der Waals surface area contributed by atoms with E-state index in [1.807, 2.05) is 0 Å². The normalized spacial score (nSPS) is 30.8. The highest BCUT2D eigenvalue weighted by Gasteiger charge is 2.38. The van der Waals surface area contributed by atoms with Crippen molar-refractivity contribution in [2.24, 2.45) is 35.0 Å². The van der Waals surface area contributed by atoms with E-state index in [1.54, 1.807) is 0 Å². The smallest absolute Gasteiger partial charge is 0.221 e. The number of hydrogen-bond acceptors (Lipinski definition) is 3. The molecule has 1 unspecified atom stereocenters. The third-order valence-electron chi connectivity index (χ3n) is 2.98. The van der Waals surface area contributed by atoms with Gasteiger partial charge in [0, 0.05) is 11.8 Å². The number of hydrogen-bond donors (Lipinski definition) is 3.